The maximum atomic E-state index is 6.18. The van der Waals surface area contributed by atoms with E-state index in [0.717, 1.165) is 0 Å². The Morgan fingerprint density at radius 3 is 0.721 bits per heavy atom. The van der Waals surface area contributed by atoms with E-state index in [1.165, 1.54) is 0 Å². The molecule has 6 aliphatic rings. The molecule has 4 aromatic carbocycles. The van der Waals surface area contributed by atoms with Crippen molar-refractivity contribution in [2.45, 2.75) is 78.5 Å². The molecule has 3 aromatic heterocycles. The summed E-state index contributed by atoms with van der Waals surface area (Å²) in [6.45, 7) is 14.8. The summed E-state index contributed by atoms with van der Waals surface area (Å²) in [4.78, 5) is 40.7. The van der Waals surface area contributed by atoms with Gasteiger partial charge in [-0.2, -0.15) is 0 Å². The Morgan fingerprint density at radius 2 is 0.508 bits per heavy atom. The predicted molar refractivity (Wildman–Crippen MR) is 215 cm³/mol. The zero-order valence-electron chi connectivity index (χ0n) is 34.2. The number of aromatic nitrogens is 8. The molecule has 17 heteroatoms. The van der Waals surface area contributed by atoms with Gasteiger partial charge in [0.1, 0.15) is 0 Å². The zero-order chi connectivity index (χ0) is 40.8. The van der Waals surface area contributed by atoms with Crippen LogP contribution in [0.5, 0.6) is 46.0 Å². The molecule has 8 bridgehead atoms. The summed E-state index contributed by atoms with van der Waals surface area (Å²) in [7, 11) is 0. The van der Waals surface area contributed by atoms with Crippen molar-refractivity contribution in [3.8, 4) is 91.5 Å². The number of rotatable bonds is 0. The van der Waals surface area contributed by atoms with Crippen molar-refractivity contribution in [3.05, 3.63) is 48.5 Å². The first-order valence-electron chi connectivity index (χ1n) is 19.5. The van der Waals surface area contributed by atoms with E-state index in [2.05, 4.69) is 0 Å². The minimum absolute atomic E-state index is 0. The van der Waals surface area contributed by atoms with Crippen LogP contribution in [0.4, 0.5) is 0 Å². The fourth-order valence-electron chi connectivity index (χ4n) is 8.53. The molecule has 61 heavy (non-hydrogen) atoms. The number of nitrogens with zero attached hydrogens (tertiary/aromatic N) is 8. The number of hydrogen-bond acceptors (Lipinski definition) is 14. The van der Waals surface area contributed by atoms with Crippen LogP contribution in [0.3, 0.4) is 0 Å². The molecular formula is C44H32N8O8Zn. The number of ether oxygens (including phenoxy) is 8. The number of hydrogen-bond donors (Lipinski definition) is 0. The third-order valence-electron chi connectivity index (χ3n) is 10.8. The van der Waals surface area contributed by atoms with E-state index in [-0.39, 0.29) is 19.5 Å². The van der Waals surface area contributed by atoms with Crippen LogP contribution in [-0.2, 0) is 19.5 Å². The summed E-state index contributed by atoms with van der Waals surface area (Å²) in [5.41, 5.74) is 4.08. The van der Waals surface area contributed by atoms with E-state index in [1.807, 2.05) is 104 Å². The first kappa shape index (κ1) is 36.1. The van der Waals surface area contributed by atoms with Crippen molar-refractivity contribution in [3.63, 3.8) is 0 Å². The van der Waals surface area contributed by atoms with E-state index in [1.54, 1.807) is 0 Å². The third kappa shape index (κ3) is 5.38. The summed E-state index contributed by atoms with van der Waals surface area (Å²) in [6, 6.07) is 15.0. The fraction of sp³-hybridized carbons (Fsp3) is 0.273. The van der Waals surface area contributed by atoms with E-state index < -0.39 is 23.1 Å². The van der Waals surface area contributed by atoms with Crippen molar-refractivity contribution in [2.24, 2.45) is 0 Å². The van der Waals surface area contributed by atoms with Crippen LogP contribution in [0.1, 0.15) is 55.4 Å². The molecule has 7 aromatic rings. The summed E-state index contributed by atoms with van der Waals surface area (Å²) < 4.78 is 49.5. The second-order valence-electron chi connectivity index (χ2n) is 17.3. The van der Waals surface area contributed by atoms with Gasteiger partial charge in [-0.25, -0.2) is 9.97 Å². The van der Waals surface area contributed by atoms with Gasteiger partial charge < -0.3 is 67.8 Å². The Balaban J connectivity index is 0.00000399. The molecule has 6 aliphatic heterocycles. The molecular weight excluding hydrogens is 834 g/mol. The molecule has 0 amide bonds. The largest absolute Gasteiger partial charge is 2.00 e. The van der Waals surface area contributed by atoms with Gasteiger partial charge in [0.25, 0.3) is 0 Å². The zero-order valence-corrected chi connectivity index (χ0v) is 37.1. The van der Waals surface area contributed by atoms with E-state index in [4.69, 9.17) is 77.8 Å². The molecule has 0 N–H and O–H groups in total. The Kier molecular flexibility index (Phi) is 6.72. The Hall–Kier alpha value is -6.74. The molecule has 298 valence electrons. The molecule has 0 unspecified atom stereocenters. The minimum Gasteiger partial charge on any atom is -0.449 e. The van der Waals surface area contributed by atoms with Crippen LogP contribution in [0.15, 0.2) is 48.5 Å². The van der Waals surface area contributed by atoms with Crippen molar-refractivity contribution in [2.75, 3.05) is 0 Å². The Bertz CT molecular complexity index is 2950. The molecule has 9 heterocycles. The van der Waals surface area contributed by atoms with E-state index >= 15 is 0 Å². The van der Waals surface area contributed by atoms with Gasteiger partial charge in [-0.1, -0.05) is 0 Å². The van der Waals surface area contributed by atoms with Gasteiger partial charge >= 0.3 is 19.5 Å². The standard InChI is InChI=1S/C44H32N8O8.Zn/c1-41(2)53-25-9-17-18(10-26(25)54-41)34-45-33(17)49-35-19-11-27-29(57-42(3,4)55-27)13-21(19)37(46-35)51-39-23-15-31-32(60-44(7,8)59-31)16-24(23)40(48-39)52-38-22-14-30-28(56-43(5,6)58-30)12-20(22)36(47-38)50-34;/h9-16H,1-8H3;/q-2;+2. The van der Waals surface area contributed by atoms with Crippen molar-refractivity contribution < 1.29 is 57.4 Å². The summed E-state index contributed by atoms with van der Waals surface area (Å²) in [6.07, 6.45) is 0. The van der Waals surface area contributed by atoms with Crippen LogP contribution in [0.2, 0.25) is 0 Å². The first-order valence-corrected chi connectivity index (χ1v) is 19.5. The van der Waals surface area contributed by atoms with Gasteiger partial charge in [-0.15, -0.1) is 0 Å². The molecule has 13 rings (SSSR count). The fourth-order valence-corrected chi connectivity index (χ4v) is 8.53. The van der Waals surface area contributed by atoms with Crippen LogP contribution in [0, 0.1) is 0 Å². The normalized spacial score (nSPS) is 18.0. The maximum Gasteiger partial charge on any atom is 2.00 e. The molecule has 0 atom stereocenters. The van der Waals surface area contributed by atoms with Crippen LogP contribution in [-0.4, -0.2) is 53.1 Å². The summed E-state index contributed by atoms with van der Waals surface area (Å²) >= 11 is 0. The Labute approximate surface area is 358 Å². The molecule has 0 aliphatic carbocycles. The van der Waals surface area contributed by atoms with Crippen LogP contribution < -0.4 is 47.9 Å². The topological polar surface area (TPSA) is 179 Å². The predicted octanol–water partition coefficient (Wildman–Crippen LogP) is 8.15. The SMILES string of the molecule is CC1(C)Oc2cc3c(cc2O1)-c1nc-3nc2[n-]c(nc3nc(nc4[n-]c(n1)c1cc5c(cc41)OC(C)(C)O5)-c1cc4c(cc1-3)OC(C)(C)O4)c1cc3c(cc21)OC(C)(C)O3.[Zn+2]. The van der Waals surface area contributed by atoms with Crippen LogP contribution in [0.25, 0.3) is 89.7 Å². The summed E-state index contributed by atoms with van der Waals surface area (Å²) in [5, 5.41) is 2.67. The Morgan fingerprint density at radius 1 is 0.311 bits per heavy atom. The van der Waals surface area contributed by atoms with Gasteiger partial charge in [0.05, 0.1) is 23.3 Å². The smallest absolute Gasteiger partial charge is 0.449 e. The quantitative estimate of drug-likeness (QED) is 0.133. The number of benzene rings is 4. The molecule has 0 radical (unpaired) electrons. The van der Waals surface area contributed by atoms with Gasteiger partial charge in [0, 0.05) is 100 Å². The maximum absolute atomic E-state index is 6.18. The van der Waals surface area contributed by atoms with Crippen molar-refractivity contribution in [1.29, 1.82) is 0 Å². The minimum atomic E-state index is -0.880. The average Bonchev–Trinajstić information content (AvgIpc) is 4.02. The van der Waals surface area contributed by atoms with Crippen molar-refractivity contribution in [1.82, 2.24) is 39.9 Å². The first-order chi connectivity index (χ1) is 28.5. The van der Waals surface area contributed by atoms with Gasteiger partial charge in [-0.05, 0) is 70.1 Å². The molecule has 0 saturated heterocycles. The second kappa shape index (κ2) is 11.3. The molecule has 0 saturated carbocycles. The van der Waals surface area contributed by atoms with E-state index in [9.17, 15) is 0 Å². The monoisotopic (exact) mass is 864 g/mol. The second-order valence-corrected chi connectivity index (χ2v) is 17.3. The van der Waals surface area contributed by atoms with Crippen LogP contribution >= 0.6 is 0 Å². The van der Waals surface area contributed by atoms with Gasteiger partial charge in [-0.3, -0.25) is 0 Å². The van der Waals surface area contributed by atoms with Crippen molar-refractivity contribution >= 4 is 44.1 Å². The van der Waals surface area contributed by atoms with Gasteiger partial charge in [0.2, 0.25) is 23.1 Å². The van der Waals surface area contributed by atoms with Gasteiger partial charge in [0.15, 0.2) is 46.0 Å². The molecule has 0 fully saturated rings. The number of fused-ring (bicyclic) bond motifs is 24. The molecule has 16 nitrogen and oxygen atoms in total. The average molecular weight is 866 g/mol. The third-order valence-corrected chi connectivity index (χ3v) is 10.8. The van der Waals surface area contributed by atoms with E-state index in [0.29, 0.717) is 136 Å². The summed E-state index contributed by atoms with van der Waals surface area (Å²) in [5.74, 6) is 2.32. The molecule has 0 spiro atoms.